The van der Waals surface area contributed by atoms with Crippen LogP contribution in [0.5, 0.6) is 0 Å². The van der Waals surface area contributed by atoms with Crippen LogP contribution < -0.4 is 16.4 Å². The highest BCUT2D eigenvalue weighted by Crippen LogP contribution is 2.36. The average molecular weight is 387 g/mol. The van der Waals surface area contributed by atoms with Gasteiger partial charge in [0.05, 0.1) is 10.6 Å². The quantitative estimate of drug-likeness (QED) is 0.515. The summed E-state index contributed by atoms with van der Waals surface area (Å²) in [5, 5.41) is 21.2. The molecule has 29 heavy (non-hydrogen) atoms. The molecule has 0 saturated carbocycles. The topological polar surface area (TPSA) is 148 Å². The molecule has 0 atom stereocenters. The predicted molar refractivity (Wildman–Crippen MR) is 109 cm³/mol. The molecule has 0 amide bonds. The van der Waals surface area contributed by atoms with Gasteiger partial charge in [-0.1, -0.05) is 30.3 Å². The van der Waals surface area contributed by atoms with E-state index in [1.165, 1.54) is 11.6 Å². The highest BCUT2D eigenvalue weighted by Gasteiger charge is 2.25. The van der Waals surface area contributed by atoms with Crippen LogP contribution in [0.25, 0.3) is 11.3 Å². The number of nitrogens with zero attached hydrogens (tertiary/aromatic N) is 5. The standard InChI is InChI=1S/C20H17N7O2/c21-10-15-18(24-20(23)25-19(15)22)13-5-6-16(17(9-13)27(28)29)26-8-7-12-3-1-2-4-14(12)11-26/h1-6,9H,7-8,11H2,(H4,22,23,24,25). The number of nitrogens with two attached hydrogens (primary N) is 2. The third-order valence-corrected chi connectivity index (χ3v) is 4.98. The van der Waals surface area contributed by atoms with Crippen molar-refractivity contribution in [3.05, 3.63) is 69.3 Å². The fraction of sp³-hybridized carbons (Fsp3) is 0.150. The van der Waals surface area contributed by atoms with Crippen LogP contribution in [0.3, 0.4) is 0 Å². The zero-order valence-electron chi connectivity index (χ0n) is 15.4. The number of hydrogen-bond donors (Lipinski definition) is 2. The van der Waals surface area contributed by atoms with E-state index in [0.29, 0.717) is 24.3 Å². The second-order valence-corrected chi connectivity index (χ2v) is 6.70. The number of benzene rings is 2. The summed E-state index contributed by atoms with van der Waals surface area (Å²) in [5.41, 5.74) is 14.9. The maximum atomic E-state index is 11.8. The summed E-state index contributed by atoms with van der Waals surface area (Å²) >= 11 is 0. The molecule has 9 heteroatoms. The van der Waals surface area contributed by atoms with Crippen molar-refractivity contribution >= 4 is 23.1 Å². The molecular formula is C20H17N7O2. The Morgan fingerprint density at radius 2 is 1.90 bits per heavy atom. The van der Waals surface area contributed by atoms with Crippen LogP contribution in [0.4, 0.5) is 23.1 Å². The van der Waals surface area contributed by atoms with Crippen molar-refractivity contribution in [3.8, 4) is 17.3 Å². The van der Waals surface area contributed by atoms with E-state index in [1.807, 2.05) is 29.2 Å². The number of fused-ring (bicyclic) bond motifs is 1. The van der Waals surface area contributed by atoms with Crippen LogP contribution in [-0.2, 0) is 13.0 Å². The fourth-order valence-electron chi connectivity index (χ4n) is 3.60. The second kappa shape index (κ2) is 7.09. The lowest BCUT2D eigenvalue weighted by molar-refractivity contribution is -0.384. The van der Waals surface area contributed by atoms with Gasteiger partial charge in [-0.25, -0.2) is 4.98 Å². The fourth-order valence-corrected chi connectivity index (χ4v) is 3.60. The molecule has 0 radical (unpaired) electrons. The Bertz CT molecular complexity index is 1170. The van der Waals surface area contributed by atoms with E-state index in [4.69, 9.17) is 11.5 Å². The number of hydrogen-bond acceptors (Lipinski definition) is 8. The zero-order valence-corrected chi connectivity index (χ0v) is 15.4. The summed E-state index contributed by atoms with van der Waals surface area (Å²) in [6.45, 7) is 1.27. The van der Waals surface area contributed by atoms with Crippen molar-refractivity contribution in [1.29, 1.82) is 5.26 Å². The molecule has 1 aromatic heterocycles. The van der Waals surface area contributed by atoms with Gasteiger partial charge >= 0.3 is 0 Å². The van der Waals surface area contributed by atoms with Crippen LogP contribution in [0.15, 0.2) is 42.5 Å². The number of rotatable bonds is 3. The van der Waals surface area contributed by atoms with Gasteiger partial charge < -0.3 is 16.4 Å². The first-order chi connectivity index (χ1) is 14.0. The Kier molecular flexibility index (Phi) is 4.44. The van der Waals surface area contributed by atoms with Gasteiger partial charge in [-0.05, 0) is 23.6 Å². The Labute approximate surface area is 166 Å². The molecule has 0 aliphatic carbocycles. The van der Waals surface area contributed by atoms with Crippen LogP contribution in [0.2, 0.25) is 0 Å². The molecule has 0 spiro atoms. The molecule has 1 aliphatic heterocycles. The first kappa shape index (κ1) is 18.2. The van der Waals surface area contributed by atoms with E-state index in [0.717, 1.165) is 12.0 Å². The maximum absolute atomic E-state index is 11.8. The third kappa shape index (κ3) is 3.27. The molecule has 4 rings (SSSR count). The lowest BCUT2D eigenvalue weighted by atomic mass is 9.98. The van der Waals surface area contributed by atoms with Crippen molar-refractivity contribution < 1.29 is 4.92 Å². The molecular weight excluding hydrogens is 370 g/mol. The molecule has 2 heterocycles. The summed E-state index contributed by atoms with van der Waals surface area (Å²) in [7, 11) is 0. The van der Waals surface area contributed by atoms with Gasteiger partial charge in [0.25, 0.3) is 5.69 Å². The average Bonchev–Trinajstić information content (AvgIpc) is 2.72. The molecule has 0 bridgehead atoms. The van der Waals surface area contributed by atoms with Gasteiger partial charge in [-0.15, -0.1) is 0 Å². The van der Waals surface area contributed by atoms with Crippen molar-refractivity contribution in [3.63, 3.8) is 0 Å². The lowest BCUT2D eigenvalue weighted by Crippen LogP contribution is -2.30. The highest BCUT2D eigenvalue weighted by molar-refractivity contribution is 5.78. The Morgan fingerprint density at radius 3 is 2.62 bits per heavy atom. The minimum Gasteiger partial charge on any atom is -0.382 e. The Balaban J connectivity index is 1.79. The first-order valence-corrected chi connectivity index (χ1v) is 8.91. The molecule has 2 aromatic carbocycles. The summed E-state index contributed by atoms with van der Waals surface area (Å²) < 4.78 is 0. The summed E-state index contributed by atoms with van der Waals surface area (Å²) in [4.78, 5) is 21.2. The number of nitro groups is 1. The molecule has 0 fully saturated rings. The predicted octanol–water partition coefficient (Wildman–Crippen LogP) is 2.65. The van der Waals surface area contributed by atoms with Crippen molar-refractivity contribution in [2.45, 2.75) is 13.0 Å². The van der Waals surface area contributed by atoms with E-state index in [1.54, 1.807) is 12.1 Å². The molecule has 0 unspecified atom stereocenters. The Morgan fingerprint density at radius 1 is 1.14 bits per heavy atom. The second-order valence-electron chi connectivity index (χ2n) is 6.70. The van der Waals surface area contributed by atoms with E-state index >= 15 is 0 Å². The van der Waals surface area contributed by atoms with E-state index in [2.05, 4.69) is 16.0 Å². The van der Waals surface area contributed by atoms with Crippen molar-refractivity contribution in [1.82, 2.24) is 9.97 Å². The Hall–Kier alpha value is -4.19. The number of nitrogen functional groups attached to an aromatic ring is 2. The number of nitro benzene ring substituents is 1. The minimum absolute atomic E-state index is 0.0353. The van der Waals surface area contributed by atoms with Gasteiger partial charge in [0.2, 0.25) is 5.95 Å². The SMILES string of the molecule is N#Cc1c(N)nc(N)nc1-c1ccc(N2CCc3ccccc3C2)c([N+](=O)[O-])c1. The van der Waals surface area contributed by atoms with E-state index < -0.39 is 4.92 Å². The normalized spacial score (nSPS) is 12.9. The van der Waals surface area contributed by atoms with Crippen LogP contribution in [-0.4, -0.2) is 21.4 Å². The number of aromatic nitrogens is 2. The van der Waals surface area contributed by atoms with Crippen LogP contribution >= 0.6 is 0 Å². The van der Waals surface area contributed by atoms with Gasteiger partial charge in [0.15, 0.2) is 0 Å². The van der Waals surface area contributed by atoms with Gasteiger partial charge in [-0.2, -0.15) is 10.2 Å². The van der Waals surface area contributed by atoms with Crippen LogP contribution in [0.1, 0.15) is 16.7 Å². The molecule has 9 nitrogen and oxygen atoms in total. The maximum Gasteiger partial charge on any atom is 0.293 e. The molecule has 0 saturated heterocycles. The van der Waals surface area contributed by atoms with Crippen LogP contribution in [0, 0.1) is 21.4 Å². The molecule has 3 aromatic rings. The molecule has 4 N–H and O–H groups in total. The monoisotopic (exact) mass is 387 g/mol. The lowest BCUT2D eigenvalue weighted by Gasteiger charge is -2.30. The minimum atomic E-state index is -0.431. The molecule has 1 aliphatic rings. The van der Waals surface area contributed by atoms with Crippen molar-refractivity contribution in [2.24, 2.45) is 0 Å². The third-order valence-electron chi connectivity index (χ3n) is 4.98. The number of anilines is 3. The van der Waals surface area contributed by atoms with Gasteiger partial charge in [-0.3, -0.25) is 10.1 Å². The summed E-state index contributed by atoms with van der Waals surface area (Å²) in [6, 6.07) is 14.8. The first-order valence-electron chi connectivity index (χ1n) is 8.91. The van der Waals surface area contributed by atoms with E-state index in [-0.39, 0.29) is 28.7 Å². The van der Waals surface area contributed by atoms with Gasteiger partial charge in [0.1, 0.15) is 23.1 Å². The van der Waals surface area contributed by atoms with Crippen molar-refractivity contribution in [2.75, 3.05) is 22.9 Å². The highest BCUT2D eigenvalue weighted by atomic mass is 16.6. The summed E-state index contributed by atoms with van der Waals surface area (Å²) in [5.74, 6) is -0.162. The largest absolute Gasteiger partial charge is 0.382 e. The zero-order chi connectivity index (χ0) is 20.5. The summed E-state index contributed by atoms with van der Waals surface area (Å²) in [6.07, 6.45) is 0.812. The van der Waals surface area contributed by atoms with E-state index in [9.17, 15) is 15.4 Å². The molecule has 144 valence electrons. The van der Waals surface area contributed by atoms with Gasteiger partial charge in [0, 0.05) is 24.7 Å². The smallest absolute Gasteiger partial charge is 0.293 e. The number of nitriles is 1.